The first-order valence-corrected chi connectivity index (χ1v) is 12.5. The van der Waals surface area contributed by atoms with Crippen LogP contribution in [0.2, 0.25) is 0 Å². The maximum Gasteiger partial charge on any atom is 0.254 e. The van der Waals surface area contributed by atoms with Gasteiger partial charge in [-0.25, -0.2) is 8.42 Å². The molecule has 0 spiro atoms. The largest absolute Gasteiger partial charge is 0.337 e. The highest BCUT2D eigenvalue weighted by Crippen LogP contribution is 2.24. The lowest BCUT2D eigenvalue weighted by Crippen LogP contribution is -2.35. The zero-order valence-corrected chi connectivity index (χ0v) is 18.9. The van der Waals surface area contributed by atoms with Gasteiger partial charge in [-0.1, -0.05) is 24.6 Å². The summed E-state index contributed by atoms with van der Waals surface area (Å²) in [5.41, 5.74) is 2.25. The predicted molar refractivity (Wildman–Crippen MR) is 118 cm³/mol. The second kappa shape index (κ2) is 9.32. The van der Waals surface area contributed by atoms with E-state index in [0.717, 1.165) is 30.4 Å². The van der Waals surface area contributed by atoms with Crippen molar-refractivity contribution >= 4 is 27.7 Å². The van der Waals surface area contributed by atoms with Gasteiger partial charge in [-0.15, -0.1) is 11.8 Å². The highest BCUT2D eigenvalue weighted by Gasteiger charge is 2.27. The number of rotatable bonds is 6. The first-order chi connectivity index (χ1) is 13.8. The second-order valence-electron chi connectivity index (χ2n) is 7.45. The molecule has 7 heteroatoms. The van der Waals surface area contributed by atoms with E-state index in [4.69, 9.17) is 0 Å². The summed E-state index contributed by atoms with van der Waals surface area (Å²) in [7, 11) is -1.82. The molecule has 3 rings (SSSR count). The van der Waals surface area contributed by atoms with Gasteiger partial charge in [-0.2, -0.15) is 4.31 Å². The van der Waals surface area contributed by atoms with Gasteiger partial charge < -0.3 is 4.90 Å². The Balaban J connectivity index is 1.81. The van der Waals surface area contributed by atoms with Crippen LogP contribution in [-0.2, 0) is 16.6 Å². The number of benzene rings is 2. The van der Waals surface area contributed by atoms with Crippen LogP contribution in [0.4, 0.5) is 0 Å². The van der Waals surface area contributed by atoms with E-state index < -0.39 is 10.0 Å². The molecule has 1 amide bonds. The zero-order valence-electron chi connectivity index (χ0n) is 17.2. The van der Waals surface area contributed by atoms with Gasteiger partial charge in [0.25, 0.3) is 5.91 Å². The third-order valence-electron chi connectivity index (χ3n) is 5.32. The van der Waals surface area contributed by atoms with E-state index in [-0.39, 0.29) is 10.8 Å². The normalized spacial score (nSPS) is 15.3. The van der Waals surface area contributed by atoms with Crippen molar-refractivity contribution in [3.8, 4) is 0 Å². The summed E-state index contributed by atoms with van der Waals surface area (Å²) in [5, 5.41) is 0. The summed E-state index contributed by atoms with van der Waals surface area (Å²) in [6, 6.07) is 13.0. The van der Waals surface area contributed by atoms with Crippen LogP contribution in [0, 0.1) is 6.92 Å². The summed E-state index contributed by atoms with van der Waals surface area (Å²) in [5.74, 6) is -0.174. The number of hydrogen-bond donors (Lipinski definition) is 0. The number of sulfonamides is 1. The van der Waals surface area contributed by atoms with Gasteiger partial charge in [-0.05, 0) is 61.4 Å². The van der Waals surface area contributed by atoms with Gasteiger partial charge in [-0.3, -0.25) is 4.79 Å². The number of aryl methyl sites for hydroxylation is 1. The molecular weight excluding hydrogens is 404 g/mol. The Hall–Kier alpha value is -1.83. The molecule has 5 nitrogen and oxygen atoms in total. The molecule has 0 aromatic heterocycles. The third-order valence-corrected chi connectivity index (χ3v) is 7.96. The van der Waals surface area contributed by atoms with Crippen LogP contribution in [0.5, 0.6) is 0 Å². The van der Waals surface area contributed by atoms with E-state index in [0.29, 0.717) is 25.2 Å². The molecule has 1 saturated heterocycles. The number of thioether (sulfide) groups is 1. The van der Waals surface area contributed by atoms with Gasteiger partial charge in [0.2, 0.25) is 10.0 Å². The summed E-state index contributed by atoms with van der Waals surface area (Å²) in [4.78, 5) is 16.1. The number of hydrogen-bond acceptors (Lipinski definition) is 4. The van der Waals surface area contributed by atoms with E-state index in [2.05, 4.69) is 0 Å². The first-order valence-electron chi connectivity index (χ1n) is 9.82. The van der Waals surface area contributed by atoms with Crippen molar-refractivity contribution in [2.24, 2.45) is 0 Å². The molecular formula is C22H28N2O3S2. The van der Waals surface area contributed by atoms with Crippen molar-refractivity contribution < 1.29 is 13.2 Å². The van der Waals surface area contributed by atoms with Crippen LogP contribution in [0.1, 0.15) is 40.7 Å². The standard InChI is InChI=1S/C22H28N2O3S2/c1-17-7-12-20(29(26,27)24-13-5-4-6-14-24)15-21(17)22(25)23(2)16-18-8-10-19(28-3)11-9-18/h7-12,15H,4-6,13-14,16H2,1-3H3. The highest BCUT2D eigenvalue weighted by molar-refractivity contribution is 7.98. The molecule has 1 aliphatic heterocycles. The van der Waals surface area contributed by atoms with Gasteiger partial charge in [0.15, 0.2) is 0 Å². The fraction of sp³-hybridized carbons (Fsp3) is 0.409. The summed E-state index contributed by atoms with van der Waals surface area (Å²) < 4.78 is 27.5. The number of piperidine rings is 1. The van der Waals surface area contributed by atoms with Gasteiger partial charge in [0.05, 0.1) is 4.90 Å². The highest BCUT2D eigenvalue weighted by atomic mass is 32.2. The monoisotopic (exact) mass is 432 g/mol. The molecule has 1 fully saturated rings. The molecule has 0 bridgehead atoms. The molecule has 1 aliphatic rings. The van der Waals surface area contributed by atoms with Crippen LogP contribution >= 0.6 is 11.8 Å². The van der Waals surface area contributed by atoms with Gasteiger partial charge in [0.1, 0.15) is 0 Å². The SMILES string of the molecule is CSc1ccc(CN(C)C(=O)c2cc(S(=O)(=O)N3CCCCC3)ccc2C)cc1. The van der Waals surface area contributed by atoms with Crippen LogP contribution in [-0.4, -0.2) is 49.9 Å². The van der Waals surface area contributed by atoms with Crippen LogP contribution in [0.15, 0.2) is 52.3 Å². The van der Waals surface area contributed by atoms with Gasteiger partial charge >= 0.3 is 0 Å². The Morgan fingerprint density at radius 2 is 1.72 bits per heavy atom. The van der Waals surface area contributed by atoms with Crippen LogP contribution < -0.4 is 0 Å². The molecule has 0 saturated carbocycles. The van der Waals surface area contributed by atoms with E-state index in [1.807, 2.05) is 37.4 Å². The van der Waals surface area contributed by atoms with Crippen molar-refractivity contribution in [2.45, 2.75) is 42.5 Å². The van der Waals surface area contributed by atoms with E-state index in [9.17, 15) is 13.2 Å². The molecule has 0 unspecified atom stereocenters. The minimum absolute atomic E-state index is 0.174. The lowest BCUT2D eigenvalue weighted by atomic mass is 10.1. The lowest BCUT2D eigenvalue weighted by molar-refractivity contribution is 0.0784. The topological polar surface area (TPSA) is 57.7 Å². The number of carbonyl (C=O) groups excluding carboxylic acids is 1. The lowest BCUT2D eigenvalue weighted by Gasteiger charge is -2.26. The summed E-state index contributed by atoms with van der Waals surface area (Å²) in [6.07, 6.45) is 4.86. The Morgan fingerprint density at radius 3 is 2.34 bits per heavy atom. The Morgan fingerprint density at radius 1 is 1.07 bits per heavy atom. The quantitative estimate of drug-likeness (QED) is 0.643. The molecule has 0 radical (unpaired) electrons. The summed E-state index contributed by atoms with van der Waals surface area (Å²) in [6.45, 7) is 3.40. The van der Waals surface area contributed by atoms with Gasteiger partial charge in [0, 0.05) is 37.1 Å². The van der Waals surface area contributed by atoms with Crippen molar-refractivity contribution in [3.63, 3.8) is 0 Å². The number of nitrogens with zero attached hydrogens (tertiary/aromatic N) is 2. The van der Waals surface area contributed by atoms with Crippen LogP contribution in [0.25, 0.3) is 0 Å². The Bertz CT molecular complexity index is 966. The van der Waals surface area contributed by atoms with E-state index in [1.165, 1.54) is 15.3 Å². The Kier molecular flexibility index (Phi) is 7.03. The fourth-order valence-electron chi connectivity index (χ4n) is 3.53. The fourth-order valence-corrected chi connectivity index (χ4v) is 5.48. The predicted octanol–water partition coefficient (Wildman–Crippen LogP) is 4.16. The molecule has 0 N–H and O–H groups in total. The van der Waals surface area contributed by atoms with E-state index in [1.54, 1.807) is 35.8 Å². The zero-order chi connectivity index (χ0) is 21.0. The Labute approximate surface area is 178 Å². The maximum absolute atomic E-state index is 13.1. The second-order valence-corrected chi connectivity index (χ2v) is 10.3. The summed E-state index contributed by atoms with van der Waals surface area (Å²) >= 11 is 1.68. The van der Waals surface area contributed by atoms with Crippen molar-refractivity contribution in [3.05, 3.63) is 59.2 Å². The molecule has 2 aromatic rings. The minimum Gasteiger partial charge on any atom is -0.337 e. The average molecular weight is 433 g/mol. The molecule has 2 aromatic carbocycles. The third kappa shape index (κ3) is 5.02. The number of amides is 1. The molecule has 0 atom stereocenters. The average Bonchev–Trinajstić information content (AvgIpc) is 2.74. The minimum atomic E-state index is -3.57. The van der Waals surface area contributed by atoms with E-state index >= 15 is 0 Å². The molecule has 29 heavy (non-hydrogen) atoms. The first kappa shape index (κ1) is 21.9. The maximum atomic E-state index is 13.1. The van der Waals surface area contributed by atoms with Crippen molar-refractivity contribution in [1.29, 1.82) is 0 Å². The number of carbonyl (C=O) groups is 1. The van der Waals surface area contributed by atoms with Crippen LogP contribution in [0.3, 0.4) is 0 Å². The van der Waals surface area contributed by atoms with Crippen molar-refractivity contribution in [1.82, 2.24) is 9.21 Å². The molecule has 1 heterocycles. The smallest absolute Gasteiger partial charge is 0.254 e. The van der Waals surface area contributed by atoms with Crippen molar-refractivity contribution in [2.75, 3.05) is 26.4 Å². The molecule has 156 valence electrons. The molecule has 0 aliphatic carbocycles.